The second-order valence-electron chi connectivity index (χ2n) is 5.68. The molecule has 2 atom stereocenters. The van der Waals surface area contributed by atoms with Gasteiger partial charge in [0.2, 0.25) is 0 Å². The van der Waals surface area contributed by atoms with E-state index in [-0.39, 0.29) is 5.38 Å². The number of ether oxygens (including phenoxy) is 1. The Morgan fingerprint density at radius 3 is 2.43 bits per heavy atom. The van der Waals surface area contributed by atoms with Crippen molar-refractivity contribution in [3.05, 3.63) is 42.0 Å². The normalized spacial score (nSPS) is 14.1. The molecule has 0 N–H and O–H groups in total. The standard InChI is InChI=1S/C19H25ClO/c1-4-6-7-14(5-2)19(20)17-9-8-16-13-18(21-3)11-10-15(16)12-17/h8-14,19H,4-7H2,1-3H3. The Morgan fingerprint density at radius 2 is 1.76 bits per heavy atom. The van der Waals surface area contributed by atoms with Gasteiger partial charge in [-0.05, 0) is 46.9 Å². The third-order valence-electron chi connectivity index (χ3n) is 4.26. The number of hydrogen-bond acceptors (Lipinski definition) is 1. The number of unbranched alkanes of at least 4 members (excludes halogenated alkanes) is 1. The average Bonchev–Trinajstić information content (AvgIpc) is 2.54. The fourth-order valence-electron chi connectivity index (χ4n) is 2.84. The maximum Gasteiger partial charge on any atom is 0.119 e. The van der Waals surface area contributed by atoms with E-state index in [9.17, 15) is 0 Å². The number of benzene rings is 2. The summed E-state index contributed by atoms with van der Waals surface area (Å²) in [6.07, 6.45) is 4.83. The molecule has 2 aromatic rings. The van der Waals surface area contributed by atoms with Gasteiger partial charge in [0, 0.05) is 0 Å². The minimum absolute atomic E-state index is 0.105. The predicted octanol–water partition coefficient (Wildman–Crippen LogP) is 6.34. The van der Waals surface area contributed by atoms with Crippen molar-refractivity contribution in [3.63, 3.8) is 0 Å². The van der Waals surface area contributed by atoms with Gasteiger partial charge in [0.05, 0.1) is 12.5 Å². The van der Waals surface area contributed by atoms with Gasteiger partial charge in [-0.15, -0.1) is 11.6 Å². The highest BCUT2D eigenvalue weighted by Gasteiger charge is 2.19. The summed E-state index contributed by atoms with van der Waals surface area (Å²) in [6.45, 7) is 4.47. The highest BCUT2D eigenvalue weighted by Crippen LogP contribution is 2.36. The monoisotopic (exact) mass is 304 g/mol. The van der Waals surface area contributed by atoms with Gasteiger partial charge in [-0.2, -0.15) is 0 Å². The molecule has 0 aliphatic rings. The van der Waals surface area contributed by atoms with E-state index in [2.05, 4.69) is 44.2 Å². The van der Waals surface area contributed by atoms with Crippen LogP contribution in [0.15, 0.2) is 36.4 Å². The predicted molar refractivity (Wildman–Crippen MR) is 92.4 cm³/mol. The molecule has 2 unspecified atom stereocenters. The van der Waals surface area contributed by atoms with Crippen LogP contribution in [0, 0.1) is 5.92 Å². The summed E-state index contributed by atoms with van der Waals surface area (Å²) < 4.78 is 5.27. The summed E-state index contributed by atoms with van der Waals surface area (Å²) in [5.41, 5.74) is 1.23. The number of alkyl halides is 1. The fraction of sp³-hybridized carbons (Fsp3) is 0.474. The molecule has 114 valence electrons. The largest absolute Gasteiger partial charge is 0.497 e. The van der Waals surface area contributed by atoms with Crippen molar-refractivity contribution in [2.75, 3.05) is 7.11 Å². The van der Waals surface area contributed by atoms with Crippen molar-refractivity contribution in [3.8, 4) is 5.75 Å². The molecule has 0 amide bonds. The highest BCUT2D eigenvalue weighted by molar-refractivity contribution is 6.21. The van der Waals surface area contributed by atoms with E-state index < -0.39 is 0 Å². The summed E-state index contributed by atoms with van der Waals surface area (Å²) >= 11 is 6.74. The Labute approximate surface area is 133 Å². The number of fused-ring (bicyclic) bond motifs is 1. The third kappa shape index (κ3) is 3.91. The van der Waals surface area contributed by atoms with E-state index in [1.807, 2.05) is 6.07 Å². The topological polar surface area (TPSA) is 9.23 Å². The van der Waals surface area contributed by atoms with Gasteiger partial charge in [0.25, 0.3) is 0 Å². The Kier molecular flexibility index (Phi) is 5.93. The molecule has 0 aliphatic heterocycles. The lowest BCUT2D eigenvalue weighted by Crippen LogP contribution is -2.07. The van der Waals surface area contributed by atoms with Crippen LogP contribution in [0.2, 0.25) is 0 Å². The summed E-state index contributed by atoms with van der Waals surface area (Å²) in [5, 5.41) is 2.53. The molecule has 0 aromatic heterocycles. The van der Waals surface area contributed by atoms with Crippen LogP contribution in [0.5, 0.6) is 5.75 Å². The van der Waals surface area contributed by atoms with Crippen LogP contribution in [0.25, 0.3) is 10.8 Å². The van der Waals surface area contributed by atoms with Crippen LogP contribution >= 0.6 is 11.6 Å². The SMILES string of the molecule is CCCCC(CC)C(Cl)c1ccc2cc(OC)ccc2c1. The first-order chi connectivity index (χ1) is 10.2. The van der Waals surface area contributed by atoms with Gasteiger partial charge in [-0.3, -0.25) is 0 Å². The molecule has 21 heavy (non-hydrogen) atoms. The second kappa shape index (κ2) is 7.70. The van der Waals surface area contributed by atoms with Crippen molar-refractivity contribution in [2.45, 2.75) is 44.9 Å². The van der Waals surface area contributed by atoms with Crippen molar-refractivity contribution in [2.24, 2.45) is 5.92 Å². The fourth-order valence-corrected chi connectivity index (χ4v) is 3.28. The summed E-state index contributed by atoms with van der Waals surface area (Å²) in [7, 11) is 1.70. The lowest BCUT2D eigenvalue weighted by molar-refractivity contribution is 0.415. The van der Waals surface area contributed by atoms with Crippen molar-refractivity contribution < 1.29 is 4.74 Å². The summed E-state index contributed by atoms with van der Waals surface area (Å²) in [6, 6.07) is 12.7. The molecule has 1 nitrogen and oxygen atoms in total. The lowest BCUT2D eigenvalue weighted by Gasteiger charge is -2.21. The number of halogens is 1. The minimum Gasteiger partial charge on any atom is -0.497 e. The molecule has 0 aliphatic carbocycles. The summed E-state index contributed by atoms with van der Waals surface area (Å²) in [4.78, 5) is 0. The van der Waals surface area contributed by atoms with E-state index in [0.717, 1.165) is 12.2 Å². The van der Waals surface area contributed by atoms with Crippen molar-refractivity contribution in [1.82, 2.24) is 0 Å². The first kappa shape index (κ1) is 16.2. The first-order valence-electron chi connectivity index (χ1n) is 7.91. The molecule has 0 bridgehead atoms. The molecule has 0 saturated heterocycles. The Bertz CT molecular complexity index is 579. The minimum atomic E-state index is 0.105. The molecule has 0 heterocycles. The van der Waals surface area contributed by atoms with Crippen LogP contribution < -0.4 is 4.74 Å². The Hall–Kier alpha value is -1.21. The van der Waals surface area contributed by atoms with E-state index in [4.69, 9.17) is 16.3 Å². The number of hydrogen-bond donors (Lipinski definition) is 0. The molecule has 2 aromatic carbocycles. The van der Waals surface area contributed by atoms with Gasteiger partial charge < -0.3 is 4.74 Å². The Morgan fingerprint density at radius 1 is 1.05 bits per heavy atom. The lowest BCUT2D eigenvalue weighted by atomic mass is 9.90. The zero-order chi connectivity index (χ0) is 15.2. The van der Waals surface area contributed by atoms with Crippen molar-refractivity contribution >= 4 is 22.4 Å². The highest BCUT2D eigenvalue weighted by atomic mass is 35.5. The van der Waals surface area contributed by atoms with Gasteiger partial charge in [0.15, 0.2) is 0 Å². The van der Waals surface area contributed by atoms with Gasteiger partial charge in [0.1, 0.15) is 5.75 Å². The smallest absolute Gasteiger partial charge is 0.119 e. The van der Waals surface area contributed by atoms with E-state index in [0.29, 0.717) is 5.92 Å². The van der Waals surface area contributed by atoms with Crippen LogP contribution in [-0.2, 0) is 0 Å². The van der Waals surface area contributed by atoms with E-state index >= 15 is 0 Å². The average molecular weight is 305 g/mol. The molecule has 0 spiro atoms. The maximum absolute atomic E-state index is 6.74. The zero-order valence-corrected chi connectivity index (χ0v) is 14.0. The first-order valence-corrected chi connectivity index (χ1v) is 8.35. The van der Waals surface area contributed by atoms with E-state index in [1.54, 1.807) is 7.11 Å². The zero-order valence-electron chi connectivity index (χ0n) is 13.2. The van der Waals surface area contributed by atoms with Crippen LogP contribution in [0.1, 0.15) is 50.5 Å². The van der Waals surface area contributed by atoms with E-state index in [1.165, 1.54) is 35.6 Å². The number of methoxy groups -OCH3 is 1. The summed E-state index contributed by atoms with van der Waals surface area (Å²) in [5.74, 6) is 1.45. The van der Waals surface area contributed by atoms with Crippen LogP contribution in [0.3, 0.4) is 0 Å². The van der Waals surface area contributed by atoms with Gasteiger partial charge in [-0.1, -0.05) is 51.3 Å². The van der Waals surface area contributed by atoms with Gasteiger partial charge in [-0.25, -0.2) is 0 Å². The molecule has 0 radical (unpaired) electrons. The second-order valence-corrected chi connectivity index (χ2v) is 6.16. The third-order valence-corrected chi connectivity index (χ3v) is 4.86. The van der Waals surface area contributed by atoms with Crippen molar-refractivity contribution in [1.29, 1.82) is 0 Å². The van der Waals surface area contributed by atoms with Crippen LogP contribution in [-0.4, -0.2) is 7.11 Å². The molecule has 2 heteroatoms. The van der Waals surface area contributed by atoms with Crippen LogP contribution in [0.4, 0.5) is 0 Å². The number of rotatable bonds is 7. The molecule has 0 fully saturated rings. The molecular formula is C19H25ClO. The maximum atomic E-state index is 6.74. The quantitative estimate of drug-likeness (QED) is 0.542. The van der Waals surface area contributed by atoms with Gasteiger partial charge >= 0.3 is 0 Å². The Balaban J connectivity index is 2.24. The molecule has 0 saturated carbocycles. The molecule has 2 rings (SSSR count). The molecular weight excluding hydrogens is 280 g/mol.